The van der Waals surface area contributed by atoms with Crippen LogP contribution >= 0.6 is 11.3 Å². The van der Waals surface area contributed by atoms with Crippen molar-refractivity contribution in [3.8, 4) is 5.75 Å². The van der Waals surface area contributed by atoms with Gasteiger partial charge in [-0.25, -0.2) is 4.39 Å². The van der Waals surface area contributed by atoms with E-state index in [1.807, 2.05) is 54.2 Å². The van der Waals surface area contributed by atoms with Gasteiger partial charge in [0.2, 0.25) is 0 Å². The Morgan fingerprint density at radius 3 is 2.61 bits per heavy atom. The number of halogens is 1. The Hall–Kier alpha value is -3.45. The number of carbonyl (C=O) groups is 1. The predicted molar refractivity (Wildman–Crippen MR) is 120 cm³/mol. The molecule has 1 amide bonds. The van der Waals surface area contributed by atoms with Crippen molar-refractivity contribution in [2.45, 2.75) is 27.0 Å². The number of hydrogen-bond donors (Lipinski definition) is 1. The summed E-state index contributed by atoms with van der Waals surface area (Å²) in [6.45, 7) is 4.66. The highest BCUT2D eigenvalue weighted by atomic mass is 32.1. The Morgan fingerprint density at radius 2 is 1.84 bits per heavy atom. The van der Waals surface area contributed by atoms with Crippen molar-refractivity contribution in [2.75, 3.05) is 5.32 Å². The van der Waals surface area contributed by atoms with Crippen molar-refractivity contribution in [1.82, 2.24) is 9.78 Å². The average molecular weight is 436 g/mol. The number of anilines is 1. The van der Waals surface area contributed by atoms with Crippen LogP contribution in [-0.2, 0) is 13.2 Å². The molecule has 0 spiro atoms. The second-order valence-electron chi connectivity index (χ2n) is 7.18. The second kappa shape index (κ2) is 9.14. The first-order valence-electron chi connectivity index (χ1n) is 9.85. The third-order valence-corrected chi connectivity index (χ3v) is 5.88. The Balaban J connectivity index is 1.42. The number of para-hydroxylation sites is 1. The van der Waals surface area contributed by atoms with Crippen molar-refractivity contribution >= 4 is 22.9 Å². The molecule has 4 aromatic rings. The molecule has 4 rings (SSSR count). The van der Waals surface area contributed by atoms with Gasteiger partial charge in [-0.1, -0.05) is 42.5 Å². The summed E-state index contributed by atoms with van der Waals surface area (Å²) in [4.78, 5) is 13.3. The van der Waals surface area contributed by atoms with Crippen molar-refractivity contribution in [1.29, 1.82) is 0 Å². The summed E-state index contributed by atoms with van der Waals surface area (Å²) in [7, 11) is 0. The van der Waals surface area contributed by atoms with Crippen LogP contribution in [0.25, 0.3) is 0 Å². The van der Waals surface area contributed by atoms with E-state index in [9.17, 15) is 9.18 Å². The Labute approximate surface area is 184 Å². The van der Waals surface area contributed by atoms with Gasteiger partial charge in [0.05, 0.1) is 28.5 Å². The van der Waals surface area contributed by atoms with Crippen molar-refractivity contribution in [3.63, 3.8) is 0 Å². The van der Waals surface area contributed by atoms with Crippen LogP contribution in [0.5, 0.6) is 5.75 Å². The topological polar surface area (TPSA) is 56.2 Å². The number of hydrogen-bond acceptors (Lipinski definition) is 4. The zero-order chi connectivity index (χ0) is 21.8. The number of ether oxygens (including phenoxy) is 1. The van der Waals surface area contributed by atoms with Crippen LogP contribution in [0, 0.1) is 19.7 Å². The van der Waals surface area contributed by atoms with E-state index < -0.39 is 5.82 Å². The summed E-state index contributed by atoms with van der Waals surface area (Å²) < 4.78 is 21.1. The Kier molecular flexibility index (Phi) is 6.13. The molecule has 158 valence electrons. The first-order chi connectivity index (χ1) is 15.0. The van der Waals surface area contributed by atoms with Crippen LogP contribution in [-0.4, -0.2) is 15.7 Å². The van der Waals surface area contributed by atoms with E-state index in [0.717, 1.165) is 28.2 Å². The summed E-state index contributed by atoms with van der Waals surface area (Å²) >= 11 is 1.32. The molecule has 0 saturated carbocycles. The maximum atomic E-state index is 13.7. The SMILES string of the molecule is Cc1nn(Cc2ccccc2)c(C)c1NC(=O)c1cc(COc2ccccc2F)cs1. The normalized spacial score (nSPS) is 10.8. The van der Waals surface area contributed by atoms with Gasteiger partial charge >= 0.3 is 0 Å². The molecule has 0 radical (unpaired) electrons. The Morgan fingerprint density at radius 1 is 1.10 bits per heavy atom. The maximum absolute atomic E-state index is 13.7. The third kappa shape index (κ3) is 4.83. The fraction of sp³-hybridized carbons (Fsp3) is 0.167. The lowest BCUT2D eigenvalue weighted by Gasteiger charge is -2.07. The average Bonchev–Trinajstić information content (AvgIpc) is 3.34. The summed E-state index contributed by atoms with van der Waals surface area (Å²) in [5.41, 5.74) is 4.34. The fourth-order valence-corrected chi connectivity index (χ4v) is 4.05. The molecule has 0 saturated heterocycles. The summed E-state index contributed by atoms with van der Waals surface area (Å²) in [5.74, 6) is -0.418. The minimum Gasteiger partial charge on any atom is -0.486 e. The monoisotopic (exact) mass is 435 g/mol. The number of benzene rings is 2. The molecule has 0 unspecified atom stereocenters. The molecule has 0 atom stereocenters. The third-order valence-electron chi connectivity index (χ3n) is 4.90. The van der Waals surface area contributed by atoms with Gasteiger partial charge in [0.1, 0.15) is 6.61 Å². The van der Waals surface area contributed by atoms with Crippen LogP contribution < -0.4 is 10.1 Å². The molecule has 0 bridgehead atoms. The molecular formula is C24H22FN3O2S. The van der Waals surface area contributed by atoms with Crippen LogP contribution in [0.3, 0.4) is 0 Å². The van der Waals surface area contributed by atoms with E-state index in [4.69, 9.17) is 4.74 Å². The summed E-state index contributed by atoms with van der Waals surface area (Å²) in [5, 5.41) is 9.40. The molecule has 5 nitrogen and oxygen atoms in total. The van der Waals surface area contributed by atoms with Gasteiger partial charge in [0.15, 0.2) is 11.6 Å². The van der Waals surface area contributed by atoms with Crippen LogP contribution in [0.1, 0.15) is 32.2 Å². The number of aromatic nitrogens is 2. The smallest absolute Gasteiger partial charge is 0.265 e. The van der Waals surface area contributed by atoms with E-state index in [-0.39, 0.29) is 18.3 Å². The van der Waals surface area contributed by atoms with Gasteiger partial charge in [0.25, 0.3) is 5.91 Å². The van der Waals surface area contributed by atoms with E-state index >= 15 is 0 Å². The molecule has 0 fully saturated rings. The minimum absolute atomic E-state index is 0.191. The number of nitrogens with zero attached hydrogens (tertiary/aromatic N) is 2. The predicted octanol–water partition coefficient (Wildman–Crippen LogP) is 5.58. The van der Waals surface area contributed by atoms with Crippen LogP contribution in [0.15, 0.2) is 66.0 Å². The largest absolute Gasteiger partial charge is 0.486 e. The minimum atomic E-state index is -0.408. The van der Waals surface area contributed by atoms with Crippen LogP contribution in [0.4, 0.5) is 10.1 Å². The second-order valence-corrected chi connectivity index (χ2v) is 8.09. The number of rotatable bonds is 7. The molecule has 0 aliphatic heterocycles. The molecule has 2 aromatic heterocycles. The molecule has 31 heavy (non-hydrogen) atoms. The number of amides is 1. The van der Waals surface area contributed by atoms with Crippen molar-refractivity contribution in [2.24, 2.45) is 0 Å². The Bertz CT molecular complexity index is 1200. The molecule has 7 heteroatoms. The summed E-state index contributed by atoms with van der Waals surface area (Å²) in [6, 6.07) is 18.1. The van der Waals surface area contributed by atoms with Gasteiger partial charge in [-0.2, -0.15) is 5.10 Å². The standard InChI is InChI=1S/C24H22FN3O2S/c1-16-23(17(2)28(27-16)13-18-8-4-3-5-9-18)26-24(29)22-12-19(15-31-22)14-30-21-11-7-6-10-20(21)25/h3-12,15H,13-14H2,1-2H3,(H,26,29). The maximum Gasteiger partial charge on any atom is 0.265 e. The zero-order valence-electron chi connectivity index (χ0n) is 17.3. The quantitative estimate of drug-likeness (QED) is 0.412. The highest BCUT2D eigenvalue weighted by Gasteiger charge is 2.17. The fourth-order valence-electron chi connectivity index (χ4n) is 3.26. The van der Waals surface area contributed by atoms with Gasteiger partial charge in [-0.15, -0.1) is 11.3 Å². The number of aryl methyl sites for hydroxylation is 1. The first kappa shape index (κ1) is 20.8. The highest BCUT2D eigenvalue weighted by Crippen LogP contribution is 2.24. The number of carbonyl (C=O) groups excluding carboxylic acids is 1. The van der Waals surface area contributed by atoms with E-state index in [1.54, 1.807) is 24.3 Å². The molecule has 0 aliphatic rings. The van der Waals surface area contributed by atoms with Gasteiger partial charge in [-0.3, -0.25) is 9.48 Å². The van der Waals surface area contributed by atoms with E-state index in [0.29, 0.717) is 11.4 Å². The molecular weight excluding hydrogens is 413 g/mol. The molecule has 2 aromatic carbocycles. The van der Waals surface area contributed by atoms with Crippen molar-refractivity contribution < 1.29 is 13.9 Å². The summed E-state index contributed by atoms with van der Waals surface area (Å²) in [6.07, 6.45) is 0. The highest BCUT2D eigenvalue weighted by molar-refractivity contribution is 7.12. The lowest BCUT2D eigenvalue weighted by Crippen LogP contribution is -2.12. The van der Waals surface area contributed by atoms with Crippen LogP contribution in [0.2, 0.25) is 0 Å². The molecule has 0 aliphatic carbocycles. The van der Waals surface area contributed by atoms with Gasteiger partial charge in [0, 0.05) is 5.56 Å². The molecule has 2 heterocycles. The van der Waals surface area contributed by atoms with Gasteiger partial charge < -0.3 is 10.1 Å². The molecule has 1 N–H and O–H groups in total. The number of nitrogens with one attached hydrogen (secondary N) is 1. The van der Waals surface area contributed by atoms with E-state index in [1.165, 1.54) is 17.4 Å². The zero-order valence-corrected chi connectivity index (χ0v) is 18.1. The lowest BCUT2D eigenvalue weighted by molar-refractivity contribution is 0.103. The van der Waals surface area contributed by atoms with E-state index in [2.05, 4.69) is 10.4 Å². The van der Waals surface area contributed by atoms with Gasteiger partial charge in [-0.05, 0) is 43.0 Å². The number of thiophene rings is 1. The van der Waals surface area contributed by atoms with Crippen molar-refractivity contribution in [3.05, 3.63) is 99.3 Å². The lowest BCUT2D eigenvalue weighted by atomic mass is 10.2. The first-order valence-corrected chi connectivity index (χ1v) is 10.7.